The number of carbonyl (C=O) groups is 1. The highest BCUT2D eigenvalue weighted by molar-refractivity contribution is 14.1. The predicted molar refractivity (Wildman–Crippen MR) is 71.6 cm³/mol. The van der Waals surface area contributed by atoms with Gasteiger partial charge in [0.05, 0.1) is 5.56 Å². The number of carbonyl (C=O) groups excluding carboxylic acids is 1. The molecule has 1 aromatic rings. The third-order valence-corrected chi connectivity index (χ3v) is 2.98. The Hall–Kier alpha value is -0.300. The Bertz CT molecular complexity index is 370. The molecule has 1 rings (SSSR count). The van der Waals surface area contributed by atoms with Gasteiger partial charge in [-0.25, -0.2) is 0 Å². The summed E-state index contributed by atoms with van der Waals surface area (Å²) in [6.07, 6.45) is 0. The molecular formula is C10H11BrINO2. The van der Waals surface area contributed by atoms with E-state index in [9.17, 15) is 9.90 Å². The Labute approximate surface area is 111 Å². The molecule has 0 saturated carbocycles. The van der Waals surface area contributed by atoms with Gasteiger partial charge in [0.25, 0.3) is 5.91 Å². The molecule has 1 aromatic carbocycles. The van der Waals surface area contributed by atoms with Crippen LogP contribution in [-0.4, -0.2) is 34.8 Å². The zero-order valence-corrected chi connectivity index (χ0v) is 11.9. The van der Waals surface area contributed by atoms with E-state index in [0.717, 1.165) is 8.90 Å². The van der Waals surface area contributed by atoms with E-state index >= 15 is 0 Å². The zero-order chi connectivity index (χ0) is 11.4. The normalized spacial score (nSPS) is 10.1. The van der Waals surface area contributed by atoms with E-state index in [-0.39, 0.29) is 11.7 Å². The van der Waals surface area contributed by atoms with Gasteiger partial charge in [0.2, 0.25) is 0 Å². The van der Waals surface area contributed by atoms with Crippen molar-refractivity contribution >= 4 is 44.4 Å². The predicted octanol–water partition coefficient (Wildman–Crippen LogP) is 2.46. The number of alkyl halides is 1. The van der Waals surface area contributed by atoms with E-state index < -0.39 is 0 Å². The molecule has 1 N–H and O–H groups in total. The number of phenols is 1. The molecule has 0 radical (unpaired) electrons. The first-order valence-electron chi connectivity index (χ1n) is 4.36. The second kappa shape index (κ2) is 5.69. The highest BCUT2D eigenvalue weighted by Gasteiger charge is 2.15. The molecule has 82 valence electrons. The van der Waals surface area contributed by atoms with Gasteiger partial charge in [-0.3, -0.25) is 4.79 Å². The lowest BCUT2D eigenvalue weighted by Crippen LogP contribution is -2.28. The van der Waals surface area contributed by atoms with Crippen LogP contribution >= 0.6 is 38.5 Å². The maximum absolute atomic E-state index is 11.8. The molecule has 0 bridgehead atoms. The van der Waals surface area contributed by atoms with Crippen molar-refractivity contribution in [1.82, 2.24) is 4.90 Å². The SMILES string of the molecule is CN(CCBr)C(=O)c1cc(I)ccc1O. The van der Waals surface area contributed by atoms with Crippen molar-refractivity contribution in [2.24, 2.45) is 0 Å². The molecular weight excluding hydrogens is 373 g/mol. The smallest absolute Gasteiger partial charge is 0.257 e. The molecule has 0 saturated heterocycles. The van der Waals surface area contributed by atoms with Crippen LogP contribution in [0.3, 0.4) is 0 Å². The summed E-state index contributed by atoms with van der Waals surface area (Å²) in [7, 11) is 1.71. The molecule has 0 atom stereocenters. The number of amides is 1. The number of halogens is 2. The van der Waals surface area contributed by atoms with Crippen molar-refractivity contribution in [2.45, 2.75) is 0 Å². The summed E-state index contributed by atoms with van der Waals surface area (Å²) in [6, 6.07) is 4.98. The Morgan fingerprint density at radius 3 is 2.87 bits per heavy atom. The maximum atomic E-state index is 11.8. The average molecular weight is 384 g/mol. The largest absolute Gasteiger partial charge is 0.507 e. The molecule has 0 aliphatic heterocycles. The van der Waals surface area contributed by atoms with Gasteiger partial charge >= 0.3 is 0 Å². The molecule has 15 heavy (non-hydrogen) atoms. The highest BCUT2D eigenvalue weighted by atomic mass is 127. The Morgan fingerprint density at radius 1 is 1.60 bits per heavy atom. The van der Waals surface area contributed by atoms with Gasteiger partial charge in [0.1, 0.15) is 5.75 Å². The number of phenolic OH excluding ortho intramolecular Hbond substituents is 1. The third-order valence-electron chi connectivity index (χ3n) is 1.96. The van der Waals surface area contributed by atoms with Crippen molar-refractivity contribution in [1.29, 1.82) is 0 Å². The van der Waals surface area contributed by atoms with E-state index in [1.807, 2.05) is 0 Å². The quantitative estimate of drug-likeness (QED) is 0.643. The summed E-state index contributed by atoms with van der Waals surface area (Å²) in [5.74, 6) is -0.132. The lowest BCUT2D eigenvalue weighted by atomic mass is 10.2. The molecule has 3 nitrogen and oxygen atoms in total. The number of nitrogens with zero attached hydrogens (tertiary/aromatic N) is 1. The Morgan fingerprint density at radius 2 is 2.27 bits per heavy atom. The summed E-state index contributed by atoms with van der Waals surface area (Å²) < 4.78 is 0.931. The van der Waals surface area contributed by atoms with E-state index in [0.29, 0.717) is 12.1 Å². The van der Waals surface area contributed by atoms with E-state index in [1.165, 1.54) is 6.07 Å². The summed E-state index contributed by atoms with van der Waals surface area (Å²) in [4.78, 5) is 13.4. The number of aromatic hydroxyl groups is 1. The second-order valence-electron chi connectivity index (χ2n) is 3.08. The molecule has 1 amide bonds. The second-order valence-corrected chi connectivity index (χ2v) is 5.12. The van der Waals surface area contributed by atoms with E-state index in [2.05, 4.69) is 38.5 Å². The molecule has 0 heterocycles. The van der Waals surface area contributed by atoms with Crippen molar-refractivity contribution in [2.75, 3.05) is 18.9 Å². The molecule has 5 heteroatoms. The minimum atomic E-state index is -0.162. The van der Waals surface area contributed by atoms with Crippen molar-refractivity contribution in [3.05, 3.63) is 27.3 Å². The van der Waals surface area contributed by atoms with Crippen LogP contribution in [0.25, 0.3) is 0 Å². The van der Waals surface area contributed by atoms with Crippen LogP contribution in [0.4, 0.5) is 0 Å². The molecule has 0 unspecified atom stereocenters. The first kappa shape index (κ1) is 12.8. The summed E-state index contributed by atoms with van der Waals surface area (Å²) in [5, 5.41) is 10.3. The van der Waals surface area contributed by atoms with Crippen LogP contribution < -0.4 is 0 Å². The molecule has 0 aromatic heterocycles. The van der Waals surface area contributed by atoms with Crippen LogP contribution in [0.15, 0.2) is 18.2 Å². The van der Waals surface area contributed by atoms with Crippen LogP contribution in [0.1, 0.15) is 10.4 Å². The summed E-state index contributed by atoms with van der Waals surface area (Å²) in [5.41, 5.74) is 0.352. The van der Waals surface area contributed by atoms with Crippen LogP contribution in [0.2, 0.25) is 0 Å². The first-order chi connectivity index (χ1) is 7.06. The lowest BCUT2D eigenvalue weighted by Gasteiger charge is -2.16. The highest BCUT2D eigenvalue weighted by Crippen LogP contribution is 2.20. The van der Waals surface area contributed by atoms with Crippen LogP contribution in [0.5, 0.6) is 5.75 Å². The summed E-state index contributed by atoms with van der Waals surface area (Å²) >= 11 is 5.38. The monoisotopic (exact) mass is 383 g/mol. The van der Waals surface area contributed by atoms with Gasteiger partial charge in [-0.15, -0.1) is 0 Å². The maximum Gasteiger partial charge on any atom is 0.257 e. The molecule has 0 aliphatic carbocycles. The minimum absolute atomic E-state index is 0.0295. The number of benzene rings is 1. The fourth-order valence-corrected chi connectivity index (χ4v) is 2.14. The van der Waals surface area contributed by atoms with Gasteiger partial charge in [0.15, 0.2) is 0 Å². The van der Waals surface area contributed by atoms with Gasteiger partial charge < -0.3 is 10.0 Å². The zero-order valence-electron chi connectivity index (χ0n) is 8.20. The van der Waals surface area contributed by atoms with Gasteiger partial charge in [0, 0.05) is 22.5 Å². The number of rotatable bonds is 3. The van der Waals surface area contributed by atoms with Crippen molar-refractivity contribution in [3.63, 3.8) is 0 Å². The topological polar surface area (TPSA) is 40.5 Å². The molecule has 0 fully saturated rings. The fraction of sp³-hybridized carbons (Fsp3) is 0.300. The lowest BCUT2D eigenvalue weighted by molar-refractivity contribution is 0.0801. The Kier molecular flexibility index (Phi) is 4.85. The number of hydrogen-bond donors (Lipinski definition) is 1. The van der Waals surface area contributed by atoms with E-state index in [1.54, 1.807) is 24.1 Å². The minimum Gasteiger partial charge on any atom is -0.507 e. The number of hydrogen-bond acceptors (Lipinski definition) is 2. The molecule has 0 aliphatic rings. The first-order valence-corrected chi connectivity index (χ1v) is 6.56. The Balaban J connectivity index is 2.95. The average Bonchev–Trinajstić information content (AvgIpc) is 2.21. The summed E-state index contributed by atoms with van der Waals surface area (Å²) in [6.45, 7) is 0.615. The fourth-order valence-electron chi connectivity index (χ4n) is 1.11. The van der Waals surface area contributed by atoms with Crippen molar-refractivity contribution < 1.29 is 9.90 Å². The van der Waals surface area contributed by atoms with Gasteiger partial charge in [-0.05, 0) is 40.8 Å². The van der Waals surface area contributed by atoms with Crippen LogP contribution in [-0.2, 0) is 0 Å². The standard InChI is InChI=1S/C10H11BrINO2/c1-13(5-4-11)10(15)8-6-7(12)2-3-9(8)14/h2-3,6,14H,4-5H2,1H3. The molecule has 0 spiro atoms. The van der Waals surface area contributed by atoms with Crippen LogP contribution in [0, 0.1) is 3.57 Å². The van der Waals surface area contributed by atoms with Gasteiger partial charge in [-0.1, -0.05) is 15.9 Å². The third kappa shape index (κ3) is 3.34. The van der Waals surface area contributed by atoms with E-state index in [4.69, 9.17) is 0 Å². The van der Waals surface area contributed by atoms with Gasteiger partial charge in [-0.2, -0.15) is 0 Å². The van der Waals surface area contributed by atoms with Crippen molar-refractivity contribution in [3.8, 4) is 5.75 Å².